The molecule has 2 aliphatic heterocycles. The number of aryl methyl sites for hydroxylation is 2. The first-order valence-electron chi connectivity index (χ1n) is 16.1. The second-order valence-electron chi connectivity index (χ2n) is 12.7. The van der Waals surface area contributed by atoms with Gasteiger partial charge in [0.2, 0.25) is 0 Å². The lowest BCUT2D eigenvalue weighted by atomic mass is 9.90. The number of amides is 4. The summed E-state index contributed by atoms with van der Waals surface area (Å²) in [5.41, 5.74) is 3.81. The molecule has 0 saturated carbocycles. The number of rotatable bonds is 10. The minimum absolute atomic E-state index is 0.145. The Morgan fingerprint density at radius 1 is 0.740 bits per heavy atom. The summed E-state index contributed by atoms with van der Waals surface area (Å²) in [4.78, 5) is 67.1. The van der Waals surface area contributed by atoms with Gasteiger partial charge in [0.05, 0.1) is 16.7 Å². The monoisotopic (exact) mass is 701 g/mol. The highest BCUT2D eigenvalue weighted by Crippen LogP contribution is 2.39. The van der Waals surface area contributed by atoms with Gasteiger partial charge in [-0.1, -0.05) is 24.3 Å². The molecular formula is C35H35N5O9S. The van der Waals surface area contributed by atoms with Crippen molar-refractivity contribution in [3.05, 3.63) is 98.1 Å². The van der Waals surface area contributed by atoms with Crippen LogP contribution in [0.3, 0.4) is 0 Å². The number of nitro groups is 1. The van der Waals surface area contributed by atoms with Crippen molar-refractivity contribution in [2.75, 3.05) is 32.4 Å². The number of nitrogens with one attached hydrogen (secondary N) is 2. The molecule has 14 nitrogen and oxygen atoms in total. The summed E-state index contributed by atoms with van der Waals surface area (Å²) in [5.74, 6) is -1.54. The van der Waals surface area contributed by atoms with E-state index in [2.05, 4.69) is 10.6 Å². The van der Waals surface area contributed by atoms with Gasteiger partial charge in [0.25, 0.3) is 39.4 Å². The van der Waals surface area contributed by atoms with Gasteiger partial charge in [-0.05, 0) is 66.8 Å². The summed E-state index contributed by atoms with van der Waals surface area (Å²) in [6, 6.07) is 14.4. The van der Waals surface area contributed by atoms with Crippen molar-refractivity contribution in [3.8, 4) is 0 Å². The van der Waals surface area contributed by atoms with Gasteiger partial charge in [0.15, 0.2) is 0 Å². The normalized spacial score (nSPS) is 16.2. The van der Waals surface area contributed by atoms with Crippen LogP contribution in [0.25, 0.3) is 21.5 Å². The molecular weight excluding hydrogens is 666 g/mol. The van der Waals surface area contributed by atoms with Crippen LogP contribution in [0.1, 0.15) is 66.4 Å². The number of nitro benzene ring substituents is 1. The van der Waals surface area contributed by atoms with Crippen molar-refractivity contribution in [2.45, 2.75) is 38.8 Å². The topological polar surface area (TPSA) is 196 Å². The fourth-order valence-corrected chi connectivity index (χ4v) is 7.04. The second kappa shape index (κ2) is 13.3. The summed E-state index contributed by atoms with van der Waals surface area (Å²) in [7, 11) is -3.67. The molecule has 3 aliphatic rings. The number of imide groups is 2. The van der Waals surface area contributed by atoms with E-state index in [0.717, 1.165) is 28.5 Å². The minimum atomic E-state index is -3.67. The molecule has 0 unspecified atom stereocenters. The molecule has 7 rings (SSSR count). The highest BCUT2D eigenvalue weighted by atomic mass is 32.2. The Kier molecular flexibility index (Phi) is 9.26. The molecule has 4 aromatic rings. The number of benzene rings is 4. The van der Waals surface area contributed by atoms with E-state index in [1.165, 1.54) is 28.2 Å². The Morgan fingerprint density at radius 2 is 1.20 bits per heavy atom. The average Bonchev–Trinajstić information content (AvgIpc) is 3.48. The van der Waals surface area contributed by atoms with Gasteiger partial charge in [0.1, 0.15) is 0 Å². The first kappa shape index (κ1) is 34.8. The number of carbonyl (C=O) groups is 4. The Morgan fingerprint density at radius 3 is 1.68 bits per heavy atom. The van der Waals surface area contributed by atoms with E-state index in [1.807, 2.05) is 31.2 Å². The lowest BCUT2D eigenvalue weighted by molar-refractivity contribution is -0.384. The summed E-state index contributed by atoms with van der Waals surface area (Å²) < 4.78 is 25.9. The van der Waals surface area contributed by atoms with Crippen LogP contribution >= 0.6 is 0 Å². The third-order valence-corrected chi connectivity index (χ3v) is 9.21. The van der Waals surface area contributed by atoms with Crippen molar-refractivity contribution >= 4 is 61.0 Å². The van der Waals surface area contributed by atoms with Crippen molar-refractivity contribution in [1.82, 2.24) is 20.4 Å². The molecule has 0 fully saturated rings. The highest BCUT2D eigenvalue weighted by molar-refractivity contribution is 7.85. The van der Waals surface area contributed by atoms with E-state index in [4.69, 9.17) is 4.55 Å². The molecule has 0 spiro atoms. The summed E-state index contributed by atoms with van der Waals surface area (Å²) >= 11 is 0. The smallest absolute Gasteiger partial charge is 0.270 e. The zero-order valence-corrected chi connectivity index (χ0v) is 28.4. The number of nitrogens with zero attached hydrogens (tertiary/aromatic N) is 3. The maximum atomic E-state index is 13.5. The van der Waals surface area contributed by atoms with E-state index in [9.17, 15) is 37.7 Å². The van der Waals surface area contributed by atoms with Crippen molar-refractivity contribution in [1.29, 1.82) is 0 Å². The molecule has 0 saturated heterocycles. The van der Waals surface area contributed by atoms with Gasteiger partial charge in [-0.15, -0.1) is 0 Å². The predicted octanol–water partition coefficient (Wildman–Crippen LogP) is 3.35. The van der Waals surface area contributed by atoms with E-state index in [-0.39, 0.29) is 29.1 Å². The van der Waals surface area contributed by atoms with E-state index in [1.54, 1.807) is 25.1 Å². The van der Waals surface area contributed by atoms with Crippen LogP contribution < -0.4 is 10.6 Å². The predicted molar refractivity (Wildman–Crippen MR) is 185 cm³/mol. The van der Waals surface area contributed by atoms with Crippen LogP contribution in [-0.2, 0) is 23.0 Å². The molecule has 2 atom stereocenters. The first-order chi connectivity index (χ1) is 23.7. The third kappa shape index (κ3) is 6.35. The van der Waals surface area contributed by atoms with Gasteiger partial charge < -0.3 is 10.6 Å². The summed E-state index contributed by atoms with van der Waals surface area (Å²) in [6.45, 7) is 5.31. The van der Waals surface area contributed by atoms with Crippen molar-refractivity contribution in [2.24, 2.45) is 0 Å². The number of non-ortho nitro benzene ring substituents is 1. The molecule has 1 aliphatic carbocycles. The first-order valence-corrected chi connectivity index (χ1v) is 17.9. The molecule has 0 radical (unpaired) electrons. The van der Waals surface area contributed by atoms with Gasteiger partial charge >= 0.3 is 0 Å². The number of hydrogen-bond acceptors (Lipinski definition) is 10. The minimum Gasteiger partial charge on any atom is -0.313 e. The molecule has 50 heavy (non-hydrogen) atoms. The van der Waals surface area contributed by atoms with Gasteiger partial charge in [-0.25, -0.2) is 0 Å². The van der Waals surface area contributed by atoms with Gasteiger partial charge in [0, 0.05) is 77.9 Å². The Labute approximate surface area is 287 Å². The SMILES string of the molecule is CS(=O)(=O)O.C[C@H](CNCCNC[C@@H](C)N1C(=O)c2ccc3c4c(ccc(c24)C1=O)CC3)N1C(=O)c2cccc3cc([N+](=O)[O-])cc(c23)C1=O. The Bertz CT molecular complexity index is 2170. The zero-order valence-electron chi connectivity index (χ0n) is 27.6. The molecule has 0 bridgehead atoms. The van der Waals surface area contributed by atoms with Gasteiger partial charge in [-0.3, -0.25) is 43.6 Å². The maximum Gasteiger partial charge on any atom is 0.270 e. The van der Waals surface area contributed by atoms with Crippen LogP contribution in [0.2, 0.25) is 0 Å². The summed E-state index contributed by atoms with van der Waals surface area (Å²) in [5, 5.41) is 20.8. The fraction of sp³-hybridized carbons (Fsp3) is 0.314. The van der Waals surface area contributed by atoms with Crippen molar-refractivity contribution in [3.63, 3.8) is 0 Å². The Balaban J connectivity index is 0.000000808. The molecule has 15 heteroatoms. The van der Waals surface area contributed by atoms with Crippen LogP contribution in [0.15, 0.2) is 54.6 Å². The molecule has 4 aromatic carbocycles. The zero-order chi connectivity index (χ0) is 36.1. The van der Waals surface area contributed by atoms with E-state index >= 15 is 0 Å². The second-order valence-corrected chi connectivity index (χ2v) is 14.2. The van der Waals surface area contributed by atoms with Crippen LogP contribution in [-0.4, -0.2) is 95.8 Å². The molecule has 260 valence electrons. The highest BCUT2D eigenvalue weighted by Gasteiger charge is 2.38. The Hall–Kier alpha value is -5.09. The molecule has 2 heterocycles. The van der Waals surface area contributed by atoms with Crippen molar-refractivity contribution < 1.29 is 37.1 Å². The number of hydrogen-bond donors (Lipinski definition) is 3. The average molecular weight is 702 g/mol. The third-order valence-electron chi connectivity index (χ3n) is 9.21. The number of carbonyl (C=O) groups excluding carboxylic acids is 4. The van der Waals surface area contributed by atoms with E-state index < -0.39 is 32.9 Å². The van der Waals surface area contributed by atoms with Crippen LogP contribution in [0.4, 0.5) is 5.69 Å². The molecule has 3 N–H and O–H groups in total. The lowest BCUT2D eigenvalue weighted by Crippen LogP contribution is -2.51. The lowest BCUT2D eigenvalue weighted by Gasteiger charge is -2.32. The summed E-state index contributed by atoms with van der Waals surface area (Å²) in [6.07, 6.45) is 2.57. The maximum absolute atomic E-state index is 13.5. The van der Waals surface area contributed by atoms with Gasteiger partial charge in [-0.2, -0.15) is 8.42 Å². The molecule has 0 aromatic heterocycles. The quantitative estimate of drug-likeness (QED) is 0.0721. The molecule has 4 amide bonds. The van der Waals surface area contributed by atoms with Crippen LogP contribution in [0.5, 0.6) is 0 Å². The van der Waals surface area contributed by atoms with E-state index in [0.29, 0.717) is 59.9 Å². The largest absolute Gasteiger partial charge is 0.313 e. The fourth-order valence-electron chi connectivity index (χ4n) is 7.04. The standard InChI is InChI=1S/C34H31N5O6.CH4O3S/c1-18(37-32(41)25-10-8-20-6-7-21-9-11-26(33(37)42)30(25)28(20)21)16-35-12-13-36-17-19(2)38-31(40)24-5-3-4-22-14-23(39(44)45)15-27(29(22)24)34(38)43;1-5(2,3)4/h3-5,8-11,14-15,18-19,35-36H,6-7,12-13,16-17H2,1-2H3;1H3,(H,2,3,4)/t18-,19-;/m1./s1. The van der Waals surface area contributed by atoms with Crippen LogP contribution in [0, 0.1) is 10.1 Å².